The first kappa shape index (κ1) is 10.8. The van der Waals surface area contributed by atoms with Crippen LogP contribution < -0.4 is 15.8 Å². The van der Waals surface area contributed by atoms with Crippen LogP contribution in [-0.4, -0.2) is 31.4 Å². The fraction of sp³-hybridized carbons (Fsp3) is 0.400. The molecule has 1 unspecified atom stereocenters. The van der Waals surface area contributed by atoms with Gasteiger partial charge in [-0.1, -0.05) is 12.1 Å². The Morgan fingerprint density at radius 2 is 2.21 bits per heavy atom. The SMILES string of the molecule is COc1ccccc1NC(CN)CO. The summed E-state index contributed by atoms with van der Waals surface area (Å²) in [4.78, 5) is 0. The smallest absolute Gasteiger partial charge is 0.141 e. The topological polar surface area (TPSA) is 67.5 Å². The lowest BCUT2D eigenvalue weighted by molar-refractivity contribution is 0.276. The minimum atomic E-state index is -0.133. The predicted octanol–water partition coefficient (Wildman–Crippen LogP) is 0.427. The second-order valence-electron chi connectivity index (χ2n) is 2.96. The standard InChI is InChI=1S/C10H16N2O2/c1-14-10-5-3-2-4-9(10)12-8(6-11)7-13/h2-5,8,12-13H,6-7,11H2,1H3. The van der Waals surface area contributed by atoms with Gasteiger partial charge in [-0.25, -0.2) is 0 Å². The van der Waals surface area contributed by atoms with Crippen LogP contribution >= 0.6 is 0 Å². The fourth-order valence-corrected chi connectivity index (χ4v) is 1.16. The first-order chi connectivity index (χ1) is 6.81. The van der Waals surface area contributed by atoms with Gasteiger partial charge < -0.3 is 20.9 Å². The highest BCUT2D eigenvalue weighted by molar-refractivity contribution is 5.56. The molecule has 4 nitrogen and oxygen atoms in total. The molecule has 1 aromatic rings. The number of hydrogen-bond acceptors (Lipinski definition) is 4. The number of para-hydroxylation sites is 2. The van der Waals surface area contributed by atoms with Crippen LogP contribution in [0.4, 0.5) is 5.69 Å². The van der Waals surface area contributed by atoms with Gasteiger partial charge in [-0.3, -0.25) is 0 Å². The van der Waals surface area contributed by atoms with Crippen LogP contribution in [0, 0.1) is 0 Å². The van der Waals surface area contributed by atoms with Crippen molar-refractivity contribution in [3.8, 4) is 5.75 Å². The number of benzene rings is 1. The summed E-state index contributed by atoms with van der Waals surface area (Å²) in [5, 5.41) is 12.1. The fourth-order valence-electron chi connectivity index (χ4n) is 1.16. The number of ether oxygens (including phenoxy) is 1. The Morgan fingerprint density at radius 3 is 2.79 bits per heavy atom. The zero-order chi connectivity index (χ0) is 10.4. The number of hydrogen-bond donors (Lipinski definition) is 3. The lowest BCUT2D eigenvalue weighted by Crippen LogP contribution is -2.32. The van der Waals surface area contributed by atoms with Crippen molar-refractivity contribution in [3.63, 3.8) is 0 Å². The van der Waals surface area contributed by atoms with E-state index < -0.39 is 0 Å². The van der Waals surface area contributed by atoms with Crippen molar-refractivity contribution >= 4 is 5.69 Å². The summed E-state index contributed by atoms with van der Waals surface area (Å²) in [6.07, 6.45) is 0. The predicted molar refractivity (Wildman–Crippen MR) is 56.5 cm³/mol. The minimum Gasteiger partial charge on any atom is -0.495 e. The van der Waals surface area contributed by atoms with E-state index in [1.54, 1.807) is 7.11 Å². The molecule has 0 aliphatic rings. The molecule has 0 aliphatic heterocycles. The van der Waals surface area contributed by atoms with E-state index in [1.165, 1.54) is 0 Å². The van der Waals surface area contributed by atoms with Crippen LogP contribution in [0.1, 0.15) is 0 Å². The summed E-state index contributed by atoms with van der Waals surface area (Å²) in [5.74, 6) is 0.749. The summed E-state index contributed by atoms with van der Waals surface area (Å²) in [7, 11) is 1.61. The van der Waals surface area contributed by atoms with Crippen LogP contribution in [0.5, 0.6) is 5.75 Å². The molecule has 0 amide bonds. The number of methoxy groups -OCH3 is 1. The van der Waals surface area contributed by atoms with Gasteiger partial charge in [0.25, 0.3) is 0 Å². The third-order valence-corrected chi connectivity index (χ3v) is 1.97. The lowest BCUT2D eigenvalue weighted by Gasteiger charge is -2.17. The number of aliphatic hydroxyl groups excluding tert-OH is 1. The Balaban J connectivity index is 2.74. The van der Waals surface area contributed by atoms with Crippen molar-refractivity contribution < 1.29 is 9.84 Å². The molecule has 0 radical (unpaired) electrons. The quantitative estimate of drug-likeness (QED) is 0.638. The maximum atomic E-state index is 8.97. The van der Waals surface area contributed by atoms with Crippen LogP contribution in [0.15, 0.2) is 24.3 Å². The zero-order valence-electron chi connectivity index (χ0n) is 8.23. The van der Waals surface area contributed by atoms with E-state index in [0.29, 0.717) is 6.54 Å². The highest BCUT2D eigenvalue weighted by atomic mass is 16.5. The van der Waals surface area contributed by atoms with E-state index in [0.717, 1.165) is 11.4 Å². The van der Waals surface area contributed by atoms with E-state index >= 15 is 0 Å². The molecule has 0 aliphatic carbocycles. The molecular weight excluding hydrogens is 180 g/mol. The molecule has 4 N–H and O–H groups in total. The van der Waals surface area contributed by atoms with E-state index in [9.17, 15) is 0 Å². The van der Waals surface area contributed by atoms with Gasteiger partial charge in [-0.2, -0.15) is 0 Å². The molecule has 0 saturated carbocycles. The van der Waals surface area contributed by atoms with Gasteiger partial charge >= 0.3 is 0 Å². The Kier molecular flexibility index (Phi) is 4.22. The van der Waals surface area contributed by atoms with E-state index in [2.05, 4.69) is 5.32 Å². The number of aliphatic hydroxyl groups is 1. The zero-order valence-corrected chi connectivity index (χ0v) is 8.23. The van der Waals surface area contributed by atoms with Gasteiger partial charge in [0.1, 0.15) is 5.75 Å². The van der Waals surface area contributed by atoms with Gasteiger partial charge in [-0.05, 0) is 12.1 Å². The van der Waals surface area contributed by atoms with Crippen LogP contribution in [0.25, 0.3) is 0 Å². The van der Waals surface area contributed by atoms with E-state index in [4.69, 9.17) is 15.6 Å². The Hall–Kier alpha value is -1.26. The normalized spacial score (nSPS) is 12.2. The number of rotatable bonds is 5. The molecule has 78 valence electrons. The molecule has 0 bridgehead atoms. The largest absolute Gasteiger partial charge is 0.495 e. The molecule has 1 aromatic carbocycles. The average molecular weight is 196 g/mol. The highest BCUT2D eigenvalue weighted by Gasteiger charge is 2.07. The van der Waals surface area contributed by atoms with E-state index in [1.807, 2.05) is 24.3 Å². The summed E-state index contributed by atoms with van der Waals surface area (Å²) in [5.41, 5.74) is 6.31. The van der Waals surface area contributed by atoms with Crippen molar-refractivity contribution in [2.24, 2.45) is 5.73 Å². The van der Waals surface area contributed by atoms with Crippen LogP contribution in [-0.2, 0) is 0 Å². The first-order valence-corrected chi connectivity index (χ1v) is 4.52. The minimum absolute atomic E-state index is 0.00848. The summed E-state index contributed by atoms with van der Waals surface area (Å²) < 4.78 is 5.15. The summed E-state index contributed by atoms with van der Waals surface area (Å²) in [6.45, 7) is 0.392. The number of nitrogens with two attached hydrogens (primary N) is 1. The van der Waals surface area contributed by atoms with Crippen LogP contribution in [0.3, 0.4) is 0 Å². The maximum absolute atomic E-state index is 8.97. The molecule has 1 rings (SSSR count). The molecule has 0 saturated heterocycles. The Morgan fingerprint density at radius 1 is 1.50 bits per heavy atom. The summed E-state index contributed by atoms with van der Waals surface area (Å²) in [6, 6.07) is 7.40. The molecule has 0 spiro atoms. The van der Waals surface area contributed by atoms with Gasteiger partial charge in [0.2, 0.25) is 0 Å². The molecule has 0 aromatic heterocycles. The van der Waals surface area contributed by atoms with Crippen LogP contribution in [0.2, 0.25) is 0 Å². The second kappa shape index (κ2) is 5.47. The van der Waals surface area contributed by atoms with Crippen molar-refractivity contribution in [1.82, 2.24) is 0 Å². The molecule has 4 heteroatoms. The maximum Gasteiger partial charge on any atom is 0.141 e. The van der Waals surface area contributed by atoms with Crippen molar-refractivity contribution in [2.75, 3.05) is 25.6 Å². The third kappa shape index (κ3) is 2.61. The van der Waals surface area contributed by atoms with Gasteiger partial charge in [-0.15, -0.1) is 0 Å². The Labute approximate surface area is 83.7 Å². The van der Waals surface area contributed by atoms with Crippen molar-refractivity contribution in [3.05, 3.63) is 24.3 Å². The number of nitrogens with one attached hydrogen (secondary N) is 1. The number of anilines is 1. The van der Waals surface area contributed by atoms with Gasteiger partial charge in [0.15, 0.2) is 0 Å². The molecule has 0 fully saturated rings. The second-order valence-corrected chi connectivity index (χ2v) is 2.96. The lowest BCUT2D eigenvalue weighted by atomic mass is 10.2. The highest BCUT2D eigenvalue weighted by Crippen LogP contribution is 2.23. The summed E-state index contributed by atoms with van der Waals surface area (Å²) >= 11 is 0. The van der Waals surface area contributed by atoms with Crippen molar-refractivity contribution in [2.45, 2.75) is 6.04 Å². The van der Waals surface area contributed by atoms with E-state index in [-0.39, 0.29) is 12.6 Å². The molecule has 14 heavy (non-hydrogen) atoms. The third-order valence-electron chi connectivity index (χ3n) is 1.97. The van der Waals surface area contributed by atoms with Gasteiger partial charge in [0.05, 0.1) is 25.4 Å². The van der Waals surface area contributed by atoms with Crippen molar-refractivity contribution in [1.29, 1.82) is 0 Å². The molecule has 0 heterocycles. The molecule has 1 atom stereocenters. The monoisotopic (exact) mass is 196 g/mol. The van der Waals surface area contributed by atoms with Gasteiger partial charge in [0, 0.05) is 6.54 Å². The molecular formula is C10H16N2O2. The first-order valence-electron chi connectivity index (χ1n) is 4.52. The Bertz CT molecular complexity index is 275. The average Bonchev–Trinajstić information content (AvgIpc) is 2.26.